The summed E-state index contributed by atoms with van der Waals surface area (Å²) in [7, 11) is 0. The lowest BCUT2D eigenvalue weighted by atomic mass is 10.1. The van der Waals surface area contributed by atoms with E-state index < -0.39 is 0 Å². The molecule has 0 aromatic heterocycles. The molecule has 5 heteroatoms. The van der Waals surface area contributed by atoms with Gasteiger partial charge in [-0.05, 0) is 47.7 Å². The zero-order valence-electron chi connectivity index (χ0n) is 14.8. The van der Waals surface area contributed by atoms with Crippen LogP contribution in [-0.2, 0) is 13.0 Å². The van der Waals surface area contributed by atoms with Crippen LogP contribution in [0.15, 0.2) is 48.5 Å². The summed E-state index contributed by atoms with van der Waals surface area (Å²) in [5.41, 5.74) is 8.40. The van der Waals surface area contributed by atoms with Crippen LogP contribution < -0.4 is 15.8 Å². The van der Waals surface area contributed by atoms with E-state index in [1.807, 2.05) is 36.4 Å². The molecule has 0 atom stereocenters. The highest BCUT2D eigenvalue weighted by Gasteiger charge is 2.05. The van der Waals surface area contributed by atoms with Crippen LogP contribution in [0.5, 0.6) is 5.75 Å². The normalized spacial score (nSPS) is 10.2. The summed E-state index contributed by atoms with van der Waals surface area (Å²) < 4.78 is 5.66. The van der Waals surface area contributed by atoms with Crippen molar-refractivity contribution in [1.29, 1.82) is 0 Å². The van der Waals surface area contributed by atoms with Crippen LogP contribution in [0.25, 0.3) is 0 Å². The van der Waals surface area contributed by atoms with E-state index in [-0.39, 0.29) is 18.3 Å². The van der Waals surface area contributed by atoms with Crippen molar-refractivity contribution in [3.8, 4) is 5.75 Å². The Labute approximate surface area is 156 Å². The van der Waals surface area contributed by atoms with Crippen LogP contribution in [-0.4, -0.2) is 19.1 Å². The number of ether oxygens (including phenoxy) is 1. The summed E-state index contributed by atoms with van der Waals surface area (Å²) in [6, 6.07) is 15.4. The Morgan fingerprint density at radius 2 is 1.64 bits per heavy atom. The predicted octanol–water partition coefficient (Wildman–Crippen LogP) is 3.57. The number of benzene rings is 2. The molecular formula is C20H27ClN2O2. The van der Waals surface area contributed by atoms with Crippen molar-refractivity contribution < 1.29 is 9.53 Å². The van der Waals surface area contributed by atoms with Gasteiger partial charge >= 0.3 is 0 Å². The number of hydrogen-bond donors (Lipinski definition) is 2. The zero-order valence-corrected chi connectivity index (χ0v) is 15.6. The molecule has 0 aliphatic heterocycles. The third-order valence-electron chi connectivity index (χ3n) is 3.66. The number of halogens is 1. The summed E-state index contributed by atoms with van der Waals surface area (Å²) in [4.78, 5) is 12.1. The molecule has 0 aliphatic carbocycles. The Balaban J connectivity index is 0.00000312. The van der Waals surface area contributed by atoms with Crippen molar-refractivity contribution in [3.63, 3.8) is 0 Å². The number of carbonyl (C=O) groups is 1. The van der Waals surface area contributed by atoms with Gasteiger partial charge in [0.05, 0.1) is 6.61 Å². The fourth-order valence-corrected chi connectivity index (χ4v) is 2.23. The van der Waals surface area contributed by atoms with Gasteiger partial charge in [-0.2, -0.15) is 0 Å². The van der Waals surface area contributed by atoms with Gasteiger partial charge in [0.2, 0.25) is 0 Å². The standard InChI is InChI=1S/C20H26N2O2.ClH/c1-15(2)14-24-19-9-5-16(6-10-19)11-12-22-20(23)18-7-3-17(13-21)4-8-18;/h3-10,15H,11-14,21H2,1-2H3,(H,22,23);1H. The molecule has 0 saturated heterocycles. The van der Waals surface area contributed by atoms with Gasteiger partial charge in [-0.3, -0.25) is 4.79 Å². The van der Waals surface area contributed by atoms with Crippen molar-refractivity contribution in [2.24, 2.45) is 11.7 Å². The first-order chi connectivity index (χ1) is 11.6. The highest BCUT2D eigenvalue weighted by atomic mass is 35.5. The van der Waals surface area contributed by atoms with Crippen molar-refractivity contribution in [3.05, 3.63) is 65.2 Å². The van der Waals surface area contributed by atoms with Gasteiger partial charge in [-0.1, -0.05) is 38.1 Å². The maximum atomic E-state index is 12.1. The van der Waals surface area contributed by atoms with Gasteiger partial charge < -0.3 is 15.8 Å². The first-order valence-electron chi connectivity index (χ1n) is 8.37. The zero-order chi connectivity index (χ0) is 17.4. The van der Waals surface area contributed by atoms with E-state index in [1.165, 1.54) is 5.56 Å². The molecule has 0 bridgehead atoms. The Bertz CT molecular complexity index is 640. The minimum Gasteiger partial charge on any atom is -0.493 e. The lowest BCUT2D eigenvalue weighted by Gasteiger charge is -2.09. The van der Waals surface area contributed by atoms with Gasteiger partial charge in [0, 0.05) is 18.7 Å². The van der Waals surface area contributed by atoms with Gasteiger partial charge in [0.15, 0.2) is 0 Å². The second-order valence-corrected chi connectivity index (χ2v) is 6.26. The molecule has 0 unspecified atom stereocenters. The molecule has 0 radical (unpaired) electrons. The summed E-state index contributed by atoms with van der Waals surface area (Å²) in [5.74, 6) is 1.34. The number of carbonyl (C=O) groups excluding carboxylic acids is 1. The Morgan fingerprint density at radius 3 is 2.20 bits per heavy atom. The second kappa shape index (κ2) is 10.7. The summed E-state index contributed by atoms with van der Waals surface area (Å²) >= 11 is 0. The molecular weight excluding hydrogens is 336 g/mol. The minimum atomic E-state index is -0.0598. The van der Waals surface area contributed by atoms with Crippen LogP contribution in [0.2, 0.25) is 0 Å². The third-order valence-corrected chi connectivity index (χ3v) is 3.66. The number of amides is 1. The summed E-state index contributed by atoms with van der Waals surface area (Å²) in [5, 5.41) is 2.94. The first kappa shape index (κ1) is 21.0. The SMILES string of the molecule is CC(C)COc1ccc(CCNC(=O)c2ccc(CN)cc2)cc1.Cl. The topological polar surface area (TPSA) is 64.3 Å². The lowest BCUT2D eigenvalue weighted by Crippen LogP contribution is -2.25. The molecule has 3 N–H and O–H groups in total. The van der Waals surface area contributed by atoms with Crippen LogP contribution in [0.1, 0.15) is 35.3 Å². The van der Waals surface area contributed by atoms with Gasteiger partial charge in [-0.25, -0.2) is 0 Å². The highest BCUT2D eigenvalue weighted by molar-refractivity contribution is 5.94. The average Bonchev–Trinajstić information content (AvgIpc) is 2.61. The van der Waals surface area contributed by atoms with E-state index in [9.17, 15) is 4.79 Å². The van der Waals surface area contributed by atoms with E-state index in [0.29, 0.717) is 24.6 Å². The lowest BCUT2D eigenvalue weighted by molar-refractivity contribution is 0.0954. The maximum Gasteiger partial charge on any atom is 0.251 e. The Kier molecular flexibility index (Phi) is 9.03. The molecule has 25 heavy (non-hydrogen) atoms. The maximum absolute atomic E-state index is 12.1. The van der Waals surface area contributed by atoms with Crippen molar-refractivity contribution in [2.75, 3.05) is 13.2 Å². The van der Waals surface area contributed by atoms with Crippen molar-refractivity contribution in [1.82, 2.24) is 5.32 Å². The average molecular weight is 363 g/mol. The van der Waals surface area contributed by atoms with Crippen LogP contribution in [0.3, 0.4) is 0 Å². The second-order valence-electron chi connectivity index (χ2n) is 6.26. The monoisotopic (exact) mass is 362 g/mol. The highest BCUT2D eigenvalue weighted by Crippen LogP contribution is 2.13. The molecule has 136 valence electrons. The molecule has 0 aliphatic rings. The fraction of sp³-hybridized carbons (Fsp3) is 0.350. The molecule has 2 aromatic rings. The summed E-state index contributed by atoms with van der Waals surface area (Å²) in [6.45, 7) is 6.06. The van der Waals surface area contributed by atoms with Gasteiger partial charge in [0.25, 0.3) is 5.91 Å². The Hall–Kier alpha value is -2.04. The van der Waals surface area contributed by atoms with E-state index in [4.69, 9.17) is 10.5 Å². The number of nitrogens with one attached hydrogen (secondary N) is 1. The van der Waals surface area contributed by atoms with Crippen LogP contribution in [0, 0.1) is 5.92 Å². The van der Waals surface area contributed by atoms with E-state index >= 15 is 0 Å². The molecule has 0 spiro atoms. The Morgan fingerprint density at radius 1 is 1.04 bits per heavy atom. The van der Waals surface area contributed by atoms with Gasteiger partial charge in [-0.15, -0.1) is 12.4 Å². The van der Waals surface area contributed by atoms with Gasteiger partial charge in [0.1, 0.15) is 5.75 Å². The van der Waals surface area contributed by atoms with E-state index in [0.717, 1.165) is 24.3 Å². The van der Waals surface area contributed by atoms with E-state index in [2.05, 4.69) is 19.2 Å². The quantitative estimate of drug-likeness (QED) is 0.754. The summed E-state index contributed by atoms with van der Waals surface area (Å²) in [6.07, 6.45) is 0.789. The number of hydrogen-bond acceptors (Lipinski definition) is 3. The molecule has 0 saturated carbocycles. The minimum absolute atomic E-state index is 0. The van der Waals surface area contributed by atoms with Crippen LogP contribution >= 0.6 is 12.4 Å². The van der Waals surface area contributed by atoms with Crippen molar-refractivity contribution in [2.45, 2.75) is 26.8 Å². The largest absolute Gasteiger partial charge is 0.493 e. The predicted molar refractivity (Wildman–Crippen MR) is 104 cm³/mol. The third kappa shape index (κ3) is 7.16. The molecule has 2 aromatic carbocycles. The van der Waals surface area contributed by atoms with Crippen molar-refractivity contribution >= 4 is 18.3 Å². The fourth-order valence-electron chi connectivity index (χ4n) is 2.23. The molecule has 0 fully saturated rings. The molecule has 0 heterocycles. The molecule has 4 nitrogen and oxygen atoms in total. The molecule has 1 amide bonds. The van der Waals surface area contributed by atoms with E-state index in [1.54, 1.807) is 12.1 Å². The number of nitrogens with two attached hydrogens (primary N) is 1. The van der Waals surface area contributed by atoms with Crippen LogP contribution in [0.4, 0.5) is 0 Å². The first-order valence-corrected chi connectivity index (χ1v) is 8.37. The number of rotatable bonds is 8. The smallest absolute Gasteiger partial charge is 0.251 e. The molecule has 2 rings (SSSR count).